The number of anilines is 1. The molecule has 1 aliphatic rings. The lowest BCUT2D eigenvalue weighted by atomic mass is 10.1. The van der Waals surface area contributed by atoms with Crippen LogP contribution in [0.2, 0.25) is 0 Å². The molecule has 5 atom stereocenters. The molecule has 13 nitrogen and oxygen atoms in total. The number of nitrogens with zero attached hydrogens (tertiary/aromatic N) is 6. The topological polar surface area (TPSA) is 186 Å². The Bertz CT molecular complexity index is 994. The van der Waals surface area contributed by atoms with E-state index in [-0.39, 0.29) is 5.82 Å². The fourth-order valence-corrected chi connectivity index (χ4v) is 3.66. The number of rotatable bonds is 5. The molecule has 1 saturated heterocycles. The minimum Gasteiger partial charge on any atom is -0.761 e. The summed E-state index contributed by atoms with van der Waals surface area (Å²) in [7, 11) is -4.45. The van der Waals surface area contributed by atoms with Gasteiger partial charge in [0.05, 0.1) is 12.9 Å². The van der Waals surface area contributed by atoms with Crippen molar-refractivity contribution >= 4 is 24.7 Å². The predicted octanol–water partition coefficient (Wildman–Crippen LogP) is -1.74. The molecule has 144 valence electrons. The molecule has 3 aromatic heterocycles. The highest BCUT2D eigenvalue weighted by Gasteiger charge is 2.44. The van der Waals surface area contributed by atoms with Crippen molar-refractivity contribution in [2.45, 2.75) is 24.5 Å². The van der Waals surface area contributed by atoms with Gasteiger partial charge in [0.15, 0.2) is 17.7 Å². The molecule has 1 fully saturated rings. The largest absolute Gasteiger partial charge is 0.761 e. The van der Waals surface area contributed by atoms with Gasteiger partial charge in [-0.15, -0.1) is 0 Å². The molecular weight excluding hydrogens is 381 g/mol. The molecule has 0 aliphatic carbocycles. The highest BCUT2D eigenvalue weighted by atomic mass is 31.2. The Morgan fingerprint density at radius 3 is 2.85 bits per heavy atom. The van der Waals surface area contributed by atoms with Crippen molar-refractivity contribution < 1.29 is 28.9 Å². The summed E-state index contributed by atoms with van der Waals surface area (Å²) in [5.74, 6) is 0.152. The van der Waals surface area contributed by atoms with Crippen LogP contribution in [-0.2, 0) is 13.8 Å². The van der Waals surface area contributed by atoms with Gasteiger partial charge in [0.2, 0.25) is 7.75 Å². The van der Waals surface area contributed by atoms with E-state index in [0.29, 0.717) is 11.2 Å². The molecule has 0 spiro atoms. The van der Waals surface area contributed by atoms with Crippen LogP contribution in [0.25, 0.3) is 11.2 Å². The molecule has 0 aromatic carbocycles. The smallest absolute Gasteiger partial charge is 0.237 e. The molecule has 0 saturated carbocycles. The molecule has 4 rings (SSSR count). The average molecular weight is 396 g/mol. The quantitative estimate of drug-likeness (QED) is 0.415. The Labute approximate surface area is 151 Å². The van der Waals surface area contributed by atoms with E-state index in [1.165, 1.54) is 29.6 Å². The molecule has 3 aromatic rings. The lowest BCUT2D eigenvalue weighted by Crippen LogP contribution is -2.34. The summed E-state index contributed by atoms with van der Waals surface area (Å²) in [6.45, 7) is -0.503. The first-order valence-corrected chi connectivity index (χ1v) is 9.27. The number of hydrogen-bond donors (Lipinski definition) is 3. The van der Waals surface area contributed by atoms with Crippen LogP contribution in [0.1, 0.15) is 6.23 Å². The zero-order chi connectivity index (χ0) is 19.2. The third-order valence-corrected chi connectivity index (χ3v) is 5.45. The van der Waals surface area contributed by atoms with Gasteiger partial charge in [-0.2, -0.15) is 0 Å². The summed E-state index contributed by atoms with van der Waals surface area (Å²) in [5, 5.41) is 20.5. The first kappa shape index (κ1) is 18.0. The number of imidazole rings is 2. The van der Waals surface area contributed by atoms with Gasteiger partial charge in [0.25, 0.3) is 0 Å². The number of aromatic nitrogens is 6. The van der Waals surface area contributed by atoms with Gasteiger partial charge in [-0.25, -0.2) is 19.9 Å². The maximum Gasteiger partial charge on any atom is 0.237 e. The van der Waals surface area contributed by atoms with E-state index in [1.54, 1.807) is 0 Å². The number of hydrogen-bond acceptors (Lipinski definition) is 11. The average Bonchev–Trinajstić information content (AvgIpc) is 3.36. The number of aliphatic hydroxyl groups is 2. The molecular formula is C13H15N7O6P-. The lowest BCUT2D eigenvalue weighted by molar-refractivity contribution is -0.205. The third-order valence-electron chi connectivity index (χ3n) is 4.17. The first-order chi connectivity index (χ1) is 12.9. The predicted molar refractivity (Wildman–Crippen MR) is 86.8 cm³/mol. The standard InChI is InChI=1S/C13H16N7O6P/c14-11-8-12(17-4-16-11)20(6-18-8)13-10(22)9(21)7(26-13)3-25-27(23,24)19-2-1-15-5-19/h1-2,4-7,9-10,13,21-22H,3H2,(H,23,24)(H2,14,16,17)/p-1/t7-,9-,10-,13-/m0/s1. The van der Waals surface area contributed by atoms with Crippen molar-refractivity contribution in [2.75, 3.05) is 12.3 Å². The van der Waals surface area contributed by atoms with Crippen LogP contribution in [0.3, 0.4) is 0 Å². The van der Waals surface area contributed by atoms with Gasteiger partial charge in [-0.3, -0.25) is 13.5 Å². The van der Waals surface area contributed by atoms with Crippen LogP contribution in [0.4, 0.5) is 5.82 Å². The van der Waals surface area contributed by atoms with Gasteiger partial charge in [-0.1, -0.05) is 0 Å². The van der Waals surface area contributed by atoms with E-state index in [9.17, 15) is 19.7 Å². The molecule has 4 N–H and O–H groups in total. The van der Waals surface area contributed by atoms with Crippen molar-refractivity contribution in [1.82, 2.24) is 28.8 Å². The summed E-state index contributed by atoms with van der Waals surface area (Å²) < 4.78 is 24.7. The number of fused-ring (bicyclic) bond motifs is 1. The van der Waals surface area contributed by atoms with Crippen LogP contribution in [0, 0.1) is 0 Å². The summed E-state index contributed by atoms with van der Waals surface area (Å²) in [6.07, 6.45) is 1.20. The molecule has 0 bridgehead atoms. The highest BCUT2D eigenvalue weighted by molar-refractivity contribution is 7.49. The van der Waals surface area contributed by atoms with Gasteiger partial charge in [0, 0.05) is 12.4 Å². The fourth-order valence-electron chi connectivity index (χ4n) is 2.78. The van der Waals surface area contributed by atoms with E-state index >= 15 is 0 Å². The maximum atomic E-state index is 12.0. The van der Waals surface area contributed by atoms with Gasteiger partial charge >= 0.3 is 0 Å². The van der Waals surface area contributed by atoms with Crippen molar-refractivity contribution in [1.29, 1.82) is 0 Å². The Morgan fingerprint density at radius 1 is 1.30 bits per heavy atom. The van der Waals surface area contributed by atoms with Crippen molar-refractivity contribution in [3.05, 3.63) is 31.4 Å². The SMILES string of the molecule is Nc1ncnc2c1ncn2[C@H]1O[C@@H](COP(=O)([O-])n2ccnc2)[C@H](O)[C@@H]1O. The third kappa shape index (κ3) is 3.10. The first-order valence-electron chi connectivity index (χ1n) is 7.77. The van der Waals surface area contributed by atoms with Crippen LogP contribution in [0.5, 0.6) is 0 Å². The van der Waals surface area contributed by atoms with E-state index in [1.807, 2.05) is 0 Å². The van der Waals surface area contributed by atoms with Gasteiger partial charge < -0.3 is 30.1 Å². The Hall–Kier alpha value is -2.41. The fraction of sp³-hybridized carbons (Fsp3) is 0.385. The van der Waals surface area contributed by atoms with E-state index in [0.717, 1.165) is 10.7 Å². The zero-order valence-electron chi connectivity index (χ0n) is 13.6. The van der Waals surface area contributed by atoms with Gasteiger partial charge in [-0.05, 0) is 0 Å². The number of nitrogen functional groups attached to an aromatic ring is 1. The second kappa shape index (κ2) is 6.64. The molecule has 4 heterocycles. The van der Waals surface area contributed by atoms with Crippen molar-refractivity contribution in [3.63, 3.8) is 0 Å². The zero-order valence-corrected chi connectivity index (χ0v) is 14.5. The minimum absolute atomic E-state index is 0.152. The summed E-state index contributed by atoms with van der Waals surface area (Å²) in [4.78, 5) is 27.6. The van der Waals surface area contributed by atoms with Gasteiger partial charge in [0.1, 0.15) is 36.5 Å². The second-order valence-corrected chi connectivity index (χ2v) is 7.49. The van der Waals surface area contributed by atoms with Crippen LogP contribution in [0.15, 0.2) is 31.4 Å². The number of nitrogens with two attached hydrogens (primary N) is 1. The minimum atomic E-state index is -4.45. The van der Waals surface area contributed by atoms with Crippen LogP contribution >= 0.6 is 7.75 Å². The summed E-state index contributed by atoms with van der Waals surface area (Å²) in [6, 6.07) is 0. The van der Waals surface area contributed by atoms with E-state index in [2.05, 4.69) is 19.9 Å². The number of ether oxygens (including phenoxy) is 1. The lowest BCUT2D eigenvalue weighted by Gasteiger charge is -2.25. The molecule has 1 aliphatic heterocycles. The molecule has 0 amide bonds. The maximum absolute atomic E-state index is 12.0. The summed E-state index contributed by atoms with van der Waals surface area (Å²) >= 11 is 0. The van der Waals surface area contributed by atoms with E-state index < -0.39 is 38.9 Å². The molecule has 0 radical (unpaired) electrons. The Balaban J connectivity index is 1.52. The summed E-state index contributed by atoms with van der Waals surface area (Å²) in [5.41, 5.74) is 6.34. The Morgan fingerprint density at radius 2 is 2.11 bits per heavy atom. The Kier molecular flexibility index (Phi) is 4.42. The van der Waals surface area contributed by atoms with Crippen molar-refractivity contribution in [2.24, 2.45) is 0 Å². The molecule has 14 heteroatoms. The normalized spacial score (nSPS) is 27.8. The second-order valence-electron chi connectivity index (χ2n) is 5.84. The van der Waals surface area contributed by atoms with Crippen LogP contribution in [-0.4, -0.2) is 64.0 Å². The monoisotopic (exact) mass is 396 g/mol. The van der Waals surface area contributed by atoms with E-state index in [4.69, 9.17) is 15.0 Å². The van der Waals surface area contributed by atoms with Crippen LogP contribution < -0.4 is 10.6 Å². The molecule has 27 heavy (non-hydrogen) atoms. The number of aliphatic hydroxyl groups excluding tert-OH is 2. The van der Waals surface area contributed by atoms with Crippen molar-refractivity contribution in [3.8, 4) is 0 Å². The highest BCUT2D eigenvalue weighted by Crippen LogP contribution is 2.40. The molecule has 1 unspecified atom stereocenters.